The molecule has 3 heteroatoms. The van der Waals surface area contributed by atoms with Crippen LogP contribution in [0.3, 0.4) is 0 Å². The van der Waals surface area contributed by atoms with Gasteiger partial charge < -0.3 is 0 Å². The highest BCUT2D eigenvalue weighted by molar-refractivity contribution is 5.95. The number of ketones is 1. The summed E-state index contributed by atoms with van der Waals surface area (Å²) in [7, 11) is 0. The molecule has 0 bridgehead atoms. The van der Waals surface area contributed by atoms with Crippen LogP contribution in [0.5, 0.6) is 0 Å². The molecule has 1 aliphatic rings. The average Bonchev–Trinajstić information content (AvgIpc) is 3.22. The molecule has 1 aromatic heterocycles. The molecule has 4 rings (SSSR count). The molecule has 3 nitrogen and oxygen atoms in total. The van der Waals surface area contributed by atoms with Crippen LogP contribution in [-0.2, 0) is 19.5 Å². The van der Waals surface area contributed by atoms with Crippen LogP contribution >= 0.6 is 0 Å². The van der Waals surface area contributed by atoms with Crippen molar-refractivity contribution in [1.82, 2.24) is 4.57 Å². The zero-order valence-electron chi connectivity index (χ0n) is 14.8. The van der Waals surface area contributed by atoms with Gasteiger partial charge >= 0.3 is 0 Å². The van der Waals surface area contributed by atoms with Crippen molar-refractivity contribution >= 4 is 5.78 Å². The van der Waals surface area contributed by atoms with Gasteiger partial charge in [-0.25, -0.2) is 9.13 Å². The van der Waals surface area contributed by atoms with Crippen molar-refractivity contribution in [2.45, 2.75) is 39.8 Å². The van der Waals surface area contributed by atoms with E-state index in [-0.39, 0.29) is 5.78 Å². The number of imidazole rings is 1. The van der Waals surface area contributed by atoms with Crippen molar-refractivity contribution in [1.29, 1.82) is 0 Å². The van der Waals surface area contributed by atoms with Crippen molar-refractivity contribution in [2.24, 2.45) is 0 Å². The van der Waals surface area contributed by atoms with Crippen LogP contribution in [0.25, 0.3) is 11.3 Å². The van der Waals surface area contributed by atoms with Crippen molar-refractivity contribution in [3.8, 4) is 11.3 Å². The molecule has 2 heterocycles. The van der Waals surface area contributed by atoms with E-state index >= 15 is 0 Å². The highest BCUT2D eigenvalue weighted by atomic mass is 16.1. The Kier molecular flexibility index (Phi) is 4.00. The molecule has 0 atom stereocenters. The van der Waals surface area contributed by atoms with Gasteiger partial charge in [-0.15, -0.1) is 0 Å². The summed E-state index contributed by atoms with van der Waals surface area (Å²) in [4.78, 5) is 12.8. The molecule has 0 spiro atoms. The van der Waals surface area contributed by atoms with Crippen molar-refractivity contribution < 1.29 is 9.36 Å². The normalized spacial score (nSPS) is 13.0. The molecule has 3 aromatic rings. The Morgan fingerprint density at radius 2 is 1.88 bits per heavy atom. The fourth-order valence-electron chi connectivity index (χ4n) is 3.65. The Labute approximate surface area is 148 Å². The molecule has 1 aliphatic heterocycles. The van der Waals surface area contributed by atoms with Crippen LogP contribution in [-0.4, -0.2) is 10.4 Å². The Hall–Kier alpha value is -2.68. The lowest BCUT2D eigenvalue weighted by Crippen LogP contribution is -2.40. The maximum Gasteiger partial charge on any atom is 0.257 e. The van der Waals surface area contributed by atoms with Gasteiger partial charge in [0, 0.05) is 11.1 Å². The standard InChI is InChI=1S/C22H23N2O/c1-16-10-11-19(13-17(16)2)21(25)15-23-14-20(18-7-4-3-5-8-18)24-12-6-9-22(23)24/h3-5,7-8,10-11,13-14H,6,9,12,15H2,1-2H3/q+1. The third-order valence-electron chi connectivity index (χ3n) is 5.21. The summed E-state index contributed by atoms with van der Waals surface area (Å²) in [5.74, 6) is 1.43. The van der Waals surface area contributed by atoms with Gasteiger partial charge in [-0.2, -0.15) is 0 Å². The quantitative estimate of drug-likeness (QED) is 0.526. The van der Waals surface area contributed by atoms with E-state index in [0.29, 0.717) is 6.54 Å². The van der Waals surface area contributed by atoms with Crippen LogP contribution in [0.1, 0.15) is 33.7 Å². The molecular weight excluding hydrogens is 308 g/mol. The molecule has 2 aromatic carbocycles. The lowest BCUT2D eigenvalue weighted by Gasteiger charge is -2.04. The summed E-state index contributed by atoms with van der Waals surface area (Å²) in [6.45, 7) is 5.57. The molecule has 126 valence electrons. The minimum absolute atomic E-state index is 0.174. The van der Waals surface area contributed by atoms with Crippen molar-refractivity contribution in [2.75, 3.05) is 0 Å². The number of nitrogens with zero attached hydrogens (tertiary/aromatic N) is 2. The van der Waals surface area contributed by atoms with Gasteiger partial charge in [0.2, 0.25) is 5.78 Å². The van der Waals surface area contributed by atoms with E-state index in [9.17, 15) is 4.79 Å². The minimum atomic E-state index is 0.174. The first-order chi connectivity index (χ1) is 12.1. The average molecular weight is 331 g/mol. The van der Waals surface area contributed by atoms with Crippen LogP contribution < -0.4 is 4.57 Å². The molecule has 0 aliphatic carbocycles. The highest BCUT2D eigenvalue weighted by Gasteiger charge is 2.29. The first-order valence-electron chi connectivity index (χ1n) is 8.91. The summed E-state index contributed by atoms with van der Waals surface area (Å²) >= 11 is 0. The second kappa shape index (κ2) is 6.32. The summed E-state index contributed by atoms with van der Waals surface area (Å²) < 4.78 is 4.51. The molecule has 0 unspecified atom stereocenters. The first kappa shape index (κ1) is 15.8. The van der Waals surface area contributed by atoms with E-state index in [1.165, 1.54) is 28.2 Å². The summed E-state index contributed by atoms with van der Waals surface area (Å²) in [5.41, 5.74) is 5.61. The molecule has 0 saturated carbocycles. The number of Topliss-reactive ketones (excluding diaryl/α,β-unsaturated/α-hetero) is 1. The van der Waals surface area contributed by atoms with Gasteiger partial charge in [0.25, 0.3) is 5.82 Å². The van der Waals surface area contributed by atoms with E-state index in [0.717, 1.165) is 24.9 Å². The Balaban J connectivity index is 1.67. The maximum atomic E-state index is 12.8. The minimum Gasteiger partial charge on any atom is -0.290 e. The third kappa shape index (κ3) is 2.91. The smallest absolute Gasteiger partial charge is 0.257 e. The molecule has 0 radical (unpaired) electrons. The van der Waals surface area contributed by atoms with E-state index < -0.39 is 0 Å². The summed E-state index contributed by atoms with van der Waals surface area (Å²) in [6, 6.07) is 16.4. The van der Waals surface area contributed by atoms with Gasteiger partial charge in [0.15, 0.2) is 12.2 Å². The largest absolute Gasteiger partial charge is 0.290 e. The predicted molar refractivity (Wildman–Crippen MR) is 98.6 cm³/mol. The third-order valence-corrected chi connectivity index (χ3v) is 5.21. The van der Waals surface area contributed by atoms with Crippen molar-refractivity contribution in [3.05, 3.63) is 77.2 Å². The van der Waals surface area contributed by atoms with Crippen LogP contribution in [0.4, 0.5) is 0 Å². The second-order valence-electron chi connectivity index (χ2n) is 6.90. The summed E-state index contributed by atoms with van der Waals surface area (Å²) in [6.07, 6.45) is 4.32. The zero-order valence-corrected chi connectivity index (χ0v) is 14.8. The number of carbonyl (C=O) groups excluding carboxylic acids is 1. The molecule has 25 heavy (non-hydrogen) atoms. The monoisotopic (exact) mass is 331 g/mol. The molecule has 0 fully saturated rings. The van der Waals surface area contributed by atoms with Crippen LogP contribution in [0, 0.1) is 13.8 Å². The van der Waals surface area contributed by atoms with Crippen molar-refractivity contribution in [3.63, 3.8) is 0 Å². The number of carbonyl (C=O) groups is 1. The topological polar surface area (TPSA) is 25.9 Å². The van der Waals surface area contributed by atoms with Gasteiger partial charge in [-0.3, -0.25) is 4.79 Å². The van der Waals surface area contributed by atoms with E-state index in [4.69, 9.17) is 0 Å². The molecule has 0 saturated heterocycles. The Morgan fingerprint density at radius 1 is 1.08 bits per heavy atom. The van der Waals surface area contributed by atoms with Crippen LogP contribution in [0.15, 0.2) is 54.7 Å². The van der Waals surface area contributed by atoms with Gasteiger partial charge in [0.05, 0.1) is 13.0 Å². The van der Waals surface area contributed by atoms with E-state index in [1.54, 1.807) is 0 Å². The second-order valence-corrected chi connectivity index (χ2v) is 6.90. The number of aryl methyl sites for hydroxylation is 2. The maximum absolute atomic E-state index is 12.8. The van der Waals surface area contributed by atoms with Gasteiger partial charge in [0.1, 0.15) is 6.20 Å². The fourth-order valence-corrected chi connectivity index (χ4v) is 3.65. The number of aromatic nitrogens is 2. The van der Waals surface area contributed by atoms with E-state index in [2.05, 4.69) is 53.4 Å². The lowest BCUT2D eigenvalue weighted by molar-refractivity contribution is -0.689. The number of benzene rings is 2. The molecule has 0 amide bonds. The molecule has 0 N–H and O–H groups in total. The van der Waals surface area contributed by atoms with Crippen LogP contribution in [0.2, 0.25) is 0 Å². The first-order valence-corrected chi connectivity index (χ1v) is 8.91. The summed E-state index contributed by atoms with van der Waals surface area (Å²) in [5, 5.41) is 0. The van der Waals surface area contributed by atoms with E-state index in [1.807, 2.05) is 24.3 Å². The Morgan fingerprint density at radius 3 is 2.64 bits per heavy atom. The number of fused-ring (bicyclic) bond motifs is 1. The number of hydrogen-bond donors (Lipinski definition) is 0. The predicted octanol–water partition coefficient (Wildman–Crippen LogP) is 3.89. The van der Waals surface area contributed by atoms with Gasteiger partial charge in [-0.1, -0.05) is 42.5 Å². The molecular formula is C22H23N2O+. The zero-order chi connectivity index (χ0) is 17.4. The SMILES string of the molecule is Cc1ccc(C(=O)C[n+]2cc(-c3ccccc3)n3c2CCC3)cc1C. The number of rotatable bonds is 4. The highest BCUT2D eigenvalue weighted by Crippen LogP contribution is 2.24. The fraction of sp³-hybridized carbons (Fsp3) is 0.273. The Bertz CT molecular complexity index is 938. The number of hydrogen-bond acceptors (Lipinski definition) is 1. The lowest BCUT2D eigenvalue weighted by atomic mass is 10.0. The van der Waals surface area contributed by atoms with Gasteiger partial charge in [-0.05, 0) is 37.5 Å².